The smallest absolute Gasteiger partial charge is 0.228 e. The zero-order valence-electron chi connectivity index (χ0n) is 17.8. The molecule has 9 heteroatoms. The zero-order chi connectivity index (χ0) is 21.3. The van der Waals surface area contributed by atoms with Crippen molar-refractivity contribution in [3.63, 3.8) is 0 Å². The van der Waals surface area contributed by atoms with Crippen LogP contribution in [0.5, 0.6) is 0 Å². The maximum Gasteiger partial charge on any atom is 0.228 e. The summed E-state index contributed by atoms with van der Waals surface area (Å²) in [4.78, 5) is 42.3. The van der Waals surface area contributed by atoms with Crippen molar-refractivity contribution < 1.29 is 9.59 Å². The zero-order valence-corrected chi connectivity index (χ0v) is 18.6. The van der Waals surface area contributed by atoms with Gasteiger partial charge in [-0.3, -0.25) is 9.59 Å². The summed E-state index contributed by atoms with van der Waals surface area (Å²) in [6, 6.07) is 0. The van der Waals surface area contributed by atoms with Crippen LogP contribution in [0, 0.1) is 6.92 Å². The fraction of sp³-hybridized carbons (Fsp3) is 0.571. The third-order valence-electron chi connectivity index (χ3n) is 5.98. The average molecular weight is 429 g/mol. The van der Waals surface area contributed by atoms with Gasteiger partial charge in [0.25, 0.3) is 0 Å². The molecule has 2 aromatic rings. The van der Waals surface area contributed by atoms with Crippen molar-refractivity contribution in [2.75, 3.05) is 32.0 Å². The van der Waals surface area contributed by atoms with Gasteiger partial charge in [0, 0.05) is 50.5 Å². The van der Waals surface area contributed by atoms with Crippen molar-refractivity contribution in [3.05, 3.63) is 33.2 Å². The van der Waals surface area contributed by atoms with Crippen molar-refractivity contribution in [2.24, 2.45) is 0 Å². The maximum atomic E-state index is 12.6. The molecule has 4 rings (SSSR count). The Morgan fingerprint density at radius 2 is 1.93 bits per heavy atom. The molecule has 30 heavy (non-hydrogen) atoms. The Hall–Kier alpha value is -2.55. The molecule has 2 aliphatic heterocycles. The van der Waals surface area contributed by atoms with Gasteiger partial charge in [-0.25, -0.2) is 15.0 Å². The molecule has 1 N–H and O–H groups in total. The van der Waals surface area contributed by atoms with Gasteiger partial charge in [-0.05, 0) is 26.2 Å². The van der Waals surface area contributed by atoms with E-state index in [2.05, 4.69) is 10.3 Å². The highest BCUT2D eigenvalue weighted by Crippen LogP contribution is 2.30. The summed E-state index contributed by atoms with van der Waals surface area (Å²) in [7, 11) is 1.88. The molecule has 0 bridgehead atoms. The third-order valence-corrected chi connectivity index (χ3v) is 6.80. The van der Waals surface area contributed by atoms with E-state index in [1.807, 2.05) is 29.2 Å². The summed E-state index contributed by atoms with van der Waals surface area (Å²) in [6.45, 7) is 6.23. The highest BCUT2D eigenvalue weighted by molar-refractivity contribution is 7.09. The number of nitrogens with zero attached hydrogens (tertiary/aromatic N) is 5. The van der Waals surface area contributed by atoms with E-state index in [1.54, 1.807) is 18.3 Å². The number of amides is 2. The first kappa shape index (κ1) is 20.7. The average Bonchev–Trinajstić information content (AvgIpc) is 3.16. The molecule has 0 aromatic carbocycles. The molecule has 0 saturated carbocycles. The summed E-state index contributed by atoms with van der Waals surface area (Å²) in [6.07, 6.45) is 2.84. The lowest BCUT2D eigenvalue weighted by Gasteiger charge is -2.33. The molecule has 0 spiro atoms. The van der Waals surface area contributed by atoms with Gasteiger partial charge in [-0.1, -0.05) is 0 Å². The fourth-order valence-electron chi connectivity index (χ4n) is 4.25. The lowest BCUT2D eigenvalue weighted by molar-refractivity contribution is -0.131. The minimum absolute atomic E-state index is 0.0777. The quantitative estimate of drug-likeness (QED) is 0.802. The van der Waals surface area contributed by atoms with Crippen molar-refractivity contribution in [1.82, 2.24) is 24.8 Å². The maximum absolute atomic E-state index is 12.6. The minimum Gasteiger partial charge on any atom is -0.373 e. The van der Waals surface area contributed by atoms with E-state index in [0.717, 1.165) is 52.9 Å². The van der Waals surface area contributed by atoms with E-state index < -0.39 is 0 Å². The molecule has 4 heterocycles. The summed E-state index contributed by atoms with van der Waals surface area (Å²) < 4.78 is 0. The molecule has 1 saturated heterocycles. The summed E-state index contributed by atoms with van der Waals surface area (Å²) in [5.41, 5.74) is 2.92. The van der Waals surface area contributed by atoms with E-state index in [0.29, 0.717) is 32.6 Å². The van der Waals surface area contributed by atoms with Crippen LogP contribution in [0.4, 0.5) is 5.82 Å². The molecule has 160 valence electrons. The topological polar surface area (TPSA) is 91.3 Å². The lowest BCUT2D eigenvalue weighted by atomic mass is 9.94. The van der Waals surface area contributed by atoms with Crippen molar-refractivity contribution in [3.8, 4) is 0 Å². The second-order valence-electron chi connectivity index (χ2n) is 7.99. The number of rotatable bonds is 4. The number of fused-ring (bicyclic) bond motifs is 1. The van der Waals surface area contributed by atoms with Crippen LogP contribution < -0.4 is 5.32 Å². The van der Waals surface area contributed by atoms with Gasteiger partial charge in [0.2, 0.25) is 11.8 Å². The van der Waals surface area contributed by atoms with Gasteiger partial charge in [0.1, 0.15) is 11.6 Å². The van der Waals surface area contributed by atoms with Crippen LogP contribution in [0.2, 0.25) is 0 Å². The molecule has 2 aliphatic rings. The molecular weight excluding hydrogens is 400 g/mol. The number of aryl methyl sites for hydroxylation is 1. The van der Waals surface area contributed by atoms with Crippen LogP contribution >= 0.6 is 11.3 Å². The Bertz CT molecular complexity index is 951. The van der Waals surface area contributed by atoms with E-state index in [1.165, 1.54) is 0 Å². The molecule has 2 amide bonds. The first-order valence-electron chi connectivity index (χ1n) is 10.5. The number of thiazole rings is 1. The summed E-state index contributed by atoms with van der Waals surface area (Å²) >= 11 is 1.58. The Labute approximate surface area is 180 Å². The van der Waals surface area contributed by atoms with Crippen LogP contribution in [0.1, 0.15) is 53.5 Å². The number of anilines is 1. The van der Waals surface area contributed by atoms with E-state index in [9.17, 15) is 9.59 Å². The first-order valence-corrected chi connectivity index (χ1v) is 11.3. The number of carbonyl (C=O) groups excluding carboxylic acids is 2. The Morgan fingerprint density at radius 3 is 2.57 bits per heavy atom. The van der Waals surface area contributed by atoms with Crippen LogP contribution in [-0.2, 0) is 29.0 Å². The highest BCUT2D eigenvalue weighted by atomic mass is 32.1. The fourth-order valence-corrected chi connectivity index (χ4v) is 4.86. The van der Waals surface area contributed by atoms with E-state index in [4.69, 9.17) is 9.97 Å². The first-order chi connectivity index (χ1) is 14.4. The van der Waals surface area contributed by atoms with Gasteiger partial charge in [0.15, 0.2) is 0 Å². The molecular formula is C21H28N6O2S. The van der Waals surface area contributed by atoms with E-state index in [-0.39, 0.29) is 17.7 Å². The van der Waals surface area contributed by atoms with Crippen LogP contribution in [-0.4, -0.2) is 63.2 Å². The number of likely N-dealkylation sites (tertiary alicyclic amines) is 1. The molecule has 2 aromatic heterocycles. The number of carbonyl (C=O) groups is 2. The van der Waals surface area contributed by atoms with E-state index >= 15 is 0 Å². The molecule has 0 atom stereocenters. The van der Waals surface area contributed by atoms with Crippen molar-refractivity contribution >= 4 is 29.0 Å². The van der Waals surface area contributed by atoms with Crippen LogP contribution in [0.15, 0.2) is 5.38 Å². The van der Waals surface area contributed by atoms with Crippen LogP contribution in [0.3, 0.4) is 0 Å². The molecule has 0 radical (unpaired) electrons. The predicted molar refractivity (Wildman–Crippen MR) is 115 cm³/mol. The van der Waals surface area contributed by atoms with Gasteiger partial charge in [0.05, 0.1) is 29.4 Å². The van der Waals surface area contributed by atoms with Crippen molar-refractivity contribution in [2.45, 2.75) is 52.0 Å². The summed E-state index contributed by atoms with van der Waals surface area (Å²) in [5.74, 6) is 2.13. The second-order valence-corrected chi connectivity index (χ2v) is 9.05. The van der Waals surface area contributed by atoms with Gasteiger partial charge < -0.3 is 15.1 Å². The summed E-state index contributed by atoms with van der Waals surface area (Å²) in [5, 5.41) is 6.16. The Balaban J connectivity index is 1.43. The number of aromatic nitrogens is 3. The third kappa shape index (κ3) is 4.30. The van der Waals surface area contributed by atoms with Gasteiger partial charge >= 0.3 is 0 Å². The van der Waals surface area contributed by atoms with Gasteiger partial charge in [-0.15, -0.1) is 11.3 Å². The van der Waals surface area contributed by atoms with Gasteiger partial charge in [-0.2, -0.15) is 0 Å². The second kappa shape index (κ2) is 8.67. The minimum atomic E-state index is 0.0777. The monoisotopic (exact) mass is 428 g/mol. The largest absolute Gasteiger partial charge is 0.373 e. The molecule has 0 unspecified atom stereocenters. The Morgan fingerprint density at radius 1 is 1.17 bits per heavy atom. The normalized spacial score (nSPS) is 17.0. The standard InChI is InChI=1S/C21H28N6O2S/c1-13-23-16(12-30-13)10-19(29)26-7-4-15(5-8-26)20-24-18-11-27(14(2)28)9-6-17(18)21(22-3)25-20/h12,15H,4-11H2,1-3H3,(H,22,24,25). The number of hydrogen-bond donors (Lipinski definition) is 1. The molecule has 0 aliphatic carbocycles. The predicted octanol–water partition coefficient (Wildman–Crippen LogP) is 2.14. The lowest BCUT2D eigenvalue weighted by Crippen LogP contribution is -2.39. The van der Waals surface area contributed by atoms with Crippen LogP contribution in [0.25, 0.3) is 0 Å². The molecule has 8 nitrogen and oxygen atoms in total. The Kier molecular flexibility index (Phi) is 5.99. The molecule has 1 fully saturated rings. The number of nitrogens with one attached hydrogen (secondary N) is 1. The number of piperidine rings is 1. The highest BCUT2D eigenvalue weighted by Gasteiger charge is 2.29. The number of hydrogen-bond acceptors (Lipinski definition) is 7. The van der Waals surface area contributed by atoms with Crippen molar-refractivity contribution in [1.29, 1.82) is 0 Å². The SMILES string of the molecule is CNc1nc(C2CCN(C(=O)Cc3csc(C)n3)CC2)nc2c1CCN(C(C)=O)C2.